The lowest BCUT2D eigenvalue weighted by atomic mass is 9.66. The molecule has 3 unspecified atom stereocenters. The minimum Gasteiger partial charge on any atom is -0.374 e. The van der Waals surface area contributed by atoms with Gasteiger partial charge in [-0.3, -0.25) is 4.79 Å². The summed E-state index contributed by atoms with van der Waals surface area (Å²) in [6.07, 6.45) is 2.24. The molecule has 0 aromatic carbocycles. The van der Waals surface area contributed by atoms with Crippen LogP contribution in [0.3, 0.4) is 0 Å². The molecule has 3 nitrogen and oxygen atoms in total. The number of carbonyl (C=O) groups excluding carboxylic acids is 1. The van der Waals surface area contributed by atoms with E-state index in [-0.39, 0.29) is 11.9 Å². The lowest BCUT2D eigenvalue weighted by molar-refractivity contribution is -0.169. The van der Waals surface area contributed by atoms with Gasteiger partial charge in [0, 0.05) is 6.61 Å². The zero-order valence-corrected chi connectivity index (χ0v) is 16.3. The van der Waals surface area contributed by atoms with Gasteiger partial charge >= 0.3 is 0 Å². The van der Waals surface area contributed by atoms with Gasteiger partial charge < -0.3 is 9.47 Å². The Morgan fingerprint density at radius 1 is 1.00 bits per heavy atom. The van der Waals surface area contributed by atoms with E-state index in [1.807, 2.05) is 27.7 Å². The van der Waals surface area contributed by atoms with Gasteiger partial charge in [-0.25, -0.2) is 0 Å². The van der Waals surface area contributed by atoms with E-state index in [2.05, 4.69) is 34.6 Å². The van der Waals surface area contributed by atoms with Crippen LogP contribution >= 0.6 is 0 Å². The molecule has 0 rings (SSSR count). The highest BCUT2D eigenvalue weighted by Gasteiger charge is 2.50. The summed E-state index contributed by atoms with van der Waals surface area (Å²) in [7, 11) is 0. The Hall–Kier alpha value is -0.410. The maximum Gasteiger partial charge on any atom is 0.169 e. The van der Waals surface area contributed by atoms with Gasteiger partial charge in [0.15, 0.2) is 5.78 Å². The first-order valence-electron chi connectivity index (χ1n) is 8.87. The quantitative estimate of drug-likeness (QED) is 0.537. The molecule has 0 aromatic rings. The fourth-order valence-electron chi connectivity index (χ4n) is 2.90. The van der Waals surface area contributed by atoms with Crippen molar-refractivity contribution < 1.29 is 14.3 Å². The SMILES string of the molecule is CCC(C)(OCCC(C)C)C(C)(CC)C(=O)C(C)OC(C)C. The van der Waals surface area contributed by atoms with Crippen LogP contribution in [-0.2, 0) is 14.3 Å². The number of Topliss-reactive ketones (excluding diaryl/α,β-unsaturated/α-hetero) is 1. The van der Waals surface area contributed by atoms with Gasteiger partial charge in [-0.05, 0) is 59.8 Å². The maximum atomic E-state index is 13.0. The average molecular weight is 315 g/mol. The second-order valence-corrected chi connectivity index (χ2v) is 7.49. The molecule has 0 spiro atoms. The van der Waals surface area contributed by atoms with Crippen LogP contribution in [0.1, 0.15) is 81.6 Å². The normalized spacial score (nSPS) is 19.0. The molecule has 3 atom stereocenters. The third-order valence-electron chi connectivity index (χ3n) is 5.05. The summed E-state index contributed by atoms with van der Waals surface area (Å²) in [6, 6.07) is 0. The van der Waals surface area contributed by atoms with Gasteiger partial charge in [-0.2, -0.15) is 0 Å². The van der Waals surface area contributed by atoms with Gasteiger partial charge in [0.05, 0.1) is 17.1 Å². The maximum absolute atomic E-state index is 13.0. The van der Waals surface area contributed by atoms with E-state index >= 15 is 0 Å². The third kappa shape index (κ3) is 5.34. The minimum absolute atomic E-state index is 0.0507. The molecule has 0 fully saturated rings. The van der Waals surface area contributed by atoms with E-state index in [4.69, 9.17) is 9.47 Å². The number of ketones is 1. The van der Waals surface area contributed by atoms with Crippen LogP contribution in [0, 0.1) is 11.3 Å². The molecule has 0 heterocycles. The summed E-state index contributed by atoms with van der Waals surface area (Å²) >= 11 is 0. The Morgan fingerprint density at radius 2 is 1.55 bits per heavy atom. The van der Waals surface area contributed by atoms with Crippen molar-refractivity contribution in [3.05, 3.63) is 0 Å². The Kier molecular flexibility index (Phi) is 8.86. The molecule has 132 valence electrons. The summed E-state index contributed by atoms with van der Waals surface area (Å²) in [4.78, 5) is 13.0. The molecule has 0 aromatic heterocycles. The number of hydrogen-bond donors (Lipinski definition) is 0. The van der Waals surface area contributed by atoms with Gasteiger partial charge in [0.25, 0.3) is 0 Å². The Labute approximate surface area is 138 Å². The highest BCUT2D eigenvalue weighted by molar-refractivity contribution is 5.89. The topological polar surface area (TPSA) is 35.5 Å². The van der Waals surface area contributed by atoms with Crippen molar-refractivity contribution in [3.63, 3.8) is 0 Å². The van der Waals surface area contributed by atoms with Crippen LogP contribution in [0.25, 0.3) is 0 Å². The van der Waals surface area contributed by atoms with Crippen molar-refractivity contribution in [1.82, 2.24) is 0 Å². The number of rotatable bonds is 11. The fourth-order valence-corrected chi connectivity index (χ4v) is 2.90. The van der Waals surface area contributed by atoms with Gasteiger partial charge in [0.2, 0.25) is 0 Å². The second-order valence-electron chi connectivity index (χ2n) is 7.49. The van der Waals surface area contributed by atoms with Gasteiger partial charge in [0.1, 0.15) is 6.10 Å². The van der Waals surface area contributed by atoms with E-state index in [0.29, 0.717) is 12.5 Å². The number of carbonyl (C=O) groups is 1. The summed E-state index contributed by atoms with van der Waals surface area (Å²) in [5.74, 6) is 0.755. The van der Waals surface area contributed by atoms with Crippen molar-refractivity contribution in [3.8, 4) is 0 Å². The minimum atomic E-state index is -0.535. The average Bonchev–Trinajstić information content (AvgIpc) is 2.43. The molecule has 0 amide bonds. The lowest BCUT2D eigenvalue weighted by Crippen LogP contribution is -2.54. The first kappa shape index (κ1) is 21.6. The van der Waals surface area contributed by atoms with Crippen LogP contribution in [0.4, 0.5) is 0 Å². The van der Waals surface area contributed by atoms with E-state index in [1.165, 1.54) is 0 Å². The Morgan fingerprint density at radius 3 is 1.91 bits per heavy atom. The number of hydrogen-bond acceptors (Lipinski definition) is 3. The Balaban J connectivity index is 5.21. The highest BCUT2D eigenvalue weighted by Crippen LogP contribution is 2.42. The first-order valence-corrected chi connectivity index (χ1v) is 8.87. The molecule has 0 radical (unpaired) electrons. The van der Waals surface area contributed by atoms with Crippen molar-refractivity contribution >= 4 is 5.78 Å². The van der Waals surface area contributed by atoms with Crippen molar-refractivity contribution in [2.75, 3.05) is 6.61 Å². The number of ether oxygens (including phenoxy) is 2. The molecule has 0 aliphatic heterocycles. The second kappa shape index (κ2) is 9.02. The zero-order chi connectivity index (χ0) is 17.6. The summed E-state index contributed by atoms with van der Waals surface area (Å²) in [6.45, 7) is 19.2. The summed E-state index contributed by atoms with van der Waals surface area (Å²) < 4.78 is 12.0. The largest absolute Gasteiger partial charge is 0.374 e. The molecule has 0 bridgehead atoms. The molecule has 3 heteroatoms. The van der Waals surface area contributed by atoms with Crippen LogP contribution in [0.15, 0.2) is 0 Å². The molecule has 0 aliphatic carbocycles. The van der Waals surface area contributed by atoms with E-state index < -0.39 is 17.1 Å². The monoisotopic (exact) mass is 314 g/mol. The first-order chi connectivity index (χ1) is 10.0. The predicted octanol–water partition coefficient (Wildman–Crippen LogP) is 5.02. The molecule has 0 saturated carbocycles. The van der Waals surface area contributed by atoms with Crippen LogP contribution < -0.4 is 0 Å². The van der Waals surface area contributed by atoms with Crippen LogP contribution in [0.5, 0.6) is 0 Å². The molecular weight excluding hydrogens is 276 g/mol. The molecule has 0 N–H and O–H groups in total. The zero-order valence-electron chi connectivity index (χ0n) is 16.3. The van der Waals surface area contributed by atoms with Gasteiger partial charge in [-0.15, -0.1) is 0 Å². The summed E-state index contributed by atoms with van der Waals surface area (Å²) in [5.41, 5.74) is -0.991. The molecular formula is C19H38O3. The smallest absolute Gasteiger partial charge is 0.169 e. The van der Waals surface area contributed by atoms with Gasteiger partial charge in [-0.1, -0.05) is 27.7 Å². The fraction of sp³-hybridized carbons (Fsp3) is 0.947. The van der Waals surface area contributed by atoms with E-state index in [1.54, 1.807) is 0 Å². The predicted molar refractivity (Wildman–Crippen MR) is 93.2 cm³/mol. The highest BCUT2D eigenvalue weighted by atomic mass is 16.5. The van der Waals surface area contributed by atoms with E-state index in [0.717, 1.165) is 19.3 Å². The van der Waals surface area contributed by atoms with Crippen molar-refractivity contribution in [2.45, 2.75) is 99.4 Å². The summed E-state index contributed by atoms with van der Waals surface area (Å²) in [5, 5.41) is 0. The van der Waals surface area contributed by atoms with Crippen molar-refractivity contribution in [2.24, 2.45) is 11.3 Å². The lowest BCUT2D eigenvalue weighted by Gasteiger charge is -2.45. The van der Waals surface area contributed by atoms with Crippen LogP contribution in [-0.4, -0.2) is 30.2 Å². The standard InChI is InChI=1S/C19H38O3/c1-10-18(8,17(20)16(7)22-15(5)6)19(9,11-2)21-13-12-14(3)4/h14-16H,10-13H2,1-9H3. The van der Waals surface area contributed by atoms with Crippen LogP contribution in [0.2, 0.25) is 0 Å². The molecule has 0 saturated heterocycles. The van der Waals surface area contributed by atoms with Crippen molar-refractivity contribution in [1.29, 1.82) is 0 Å². The molecule has 22 heavy (non-hydrogen) atoms. The molecule has 0 aliphatic rings. The Bertz CT molecular complexity index is 338. The third-order valence-corrected chi connectivity index (χ3v) is 5.05. The van der Waals surface area contributed by atoms with E-state index in [9.17, 15) is 4.79 Å².